The Bertz CT molecular complexity index is 911. The highest BCUT2D eigenvalue weighted by Crippen LogP contribution is 2.22. The van der Waals surface area contributed by atoms with Crippen molar-refractivity contribution < 1.29 is 18.0 Å². The molecule has 0 aliphatic carbocycles. The summed E-state index contributed by atoms with van der Waals surface area (Å²) >= 11 is 0. The maximum Gasteiger partial charge on any atom is 0.255 e. The fourth-order valence-corrected chi connectivity index (χ4v) is 2.22. The van der Waals surface area contributed by atoms with Gasteiger partial charge in [0.05, 0.1) is 5.69 Å². The summed E-state index contributed by atoms with van der Waals surface area (Å²) in [5.74, 6) is -2.29. The molecule has 0 heterocycles. The zero-order valence-corrected chi connectivity index (χ0v) is 12.9. The van der Waals surface area contributed by atoms with Crippen molar-refractivity contribution in [3.8, 4) is 0 Å². The zero-order valence-electron chi connectivity index (χ0n) is 12.9. The van der Waals surface area contributed by atoms with E-state index in [1.807, 2.05) is 0 Å². The quantitative estimate of drug-likeness (QED) is 0.692. The van der Waals surface area contributed by atoms with Crippen LogP contribution in [-0.4, -0.2) is 5.91 Å². The number of anilines is 3. The van der Waals surface area contributed by atoms with E-state index < -0.39 is 23.4 Å². The van der Waals surface area contributed by atoms with Gasteiger partial charge in [-0.25, -0.2) is 13.2 Å². The zero-order chi connectivity index (χ0) is 17.8. The van der Waals surface area contributed by atoms with Crippen molar-refractivity contribution in [1.29, 1.82) is 0 Å². The third-order valence-corrected chi connectivity index (χ3v) is 3.44. The van der Waals surface area contributed by atoms with Gasteiger partial charge in [0.2, 0.25) is 0 Å². The summed E-state index contributed by atoms with van der Waals surface area (Å²) in [7, 11) is 0. The van der Waals surface area contributed by atoms with E-state index >= 15 is 0 Å². The fourth-order valence-electron chi connectivity index (χ4n) is 2.22. The van der Waals surface area contributed by atoms with Gasteiger partial charge in [0.15, 0.2) is 0 Å². The van der Waals surface area contributed by atoms with Crippen molar-refractivity contribution >= 4 is 23.0 Å². The number of nitrogens with one attached hydrogen (secondary N) is 2. The highest BCUT2D eigenvalue weighted by Gasteiger charge is 2.08. The van der Waals surface area contributed by atoms with E-state index in [0.717, 1.165) is 18.2 Å². The highest BCUT2D eigenvalue weighted by molar-refractivity contribution is 6.04. The molecule has 0 aliphatic heterocycles. The number of rotatable bonds is 4. The van der Waals surface area contributed by atoms with Crippen molar-refractivity contribution in [2.24, 2.45) is 0 Å². The van der Waals surface area contributed by atoms with Crippen LogP contribution in [0.4, 0.5) is 30.2 Å². The SMILES string of the molecule is O=C(Nc1ccc(Nc2ccc(F)cc2F)cc1)c1cccc(F)c1. The Morgan fingerprint density at radius 1 is 0.760 bits per heavy atom. The first-order valence-electron chi connectivity index (χ1n) is 7.40. The number of hydrogen-bond donors (Lipinski definition) is 2. The largest absolute Gasteiger partial charge is 0.353 e. The van der Waals surface area contributed by atoms with Crippen LogP contribution in [0, 0.1) is 17.5 Å². The molecule has 25 heavy (non-hydrogen) atoms. The smallest absolute Gasteiger partial charge is 0.255 e. The molecule has 0 aliphatic rings. The standard InChI is InChI=1S/C19H13F3N2O/c20-13-3-1-2-12(10-13)19(25)24-16-7-5-15(6-8-16)23-18-9-4-14(21)11-17(18)22/h1-11,23H,(H,24,25). The van der Waals surface area contributed by atoms with Crippen LogP contribution in [-0.2, 0) is 0 Å². The molecule has 6 heteroatoms. The lowest BCUT2D eigenvalue weighted by Crippen LogP contribution is -2.11. The minimum Gasteiger partial charge on any atom is -0.353 e. The van der Waals surface area contributed by atoms with Crippen LogP contribution in [0.1, 0.15) is 10.4 Å². The Kier molecular flexibility index (Phi) is 4.70. The highest BCUT2D eigenvalue weighted by atomic mass is 19.1. The lowest BCUT2D eigenvalue weighted by molar-refractivity contribution is 0.102. The second-order valence-corrected chi connectivity index (χ2v) is 5.29. The summed E-state index contributed by atoms with van der Waals surface area (Å²) < 4.78 is 39.7. The molecule has 0 saturated carbocycles. The second-order valence-electron chi connectivity index (χ2n) is 5.29. The maximum absolute atomic E-state index is 13.6. The molecular weight excluding hydrogens is 329 g/mol. The van der Waals surface area contributed by atoms with Crippen LogP contribution < -0.4 is 10.6 Å². The van der Waals surface area contributed by atoms with Crippen molar-refractivity contribution in [3.63, 3.8) is 0 Å². The lowest BCUT2D eigenvalue weighted by atomic mass is 10.2. The molecule has 0 bridgehead atoms. The molecule has 0 radical (unpaired) electrons. The monoisotopic (exact) mass is 342 g/mol. The molecule has 0 fully saturated rings. The summed E-state index contributed by atoms with van der Waals surface area (Å²) in [6.45, 7) is 0. The number of carbonyl (C=O) groups is 1. The van der Waals surface area contributed by atoms with Crippen molar-refractivity contribution in [3.05, 3.63) is 89.7 Å². The molecule has 2 N–H and O–H groups in total. The van der Waals surface area contributed by atoms with E-state index in [4.69, 9.17) is 0 Å². The average Bonchev–Trinajstić information content (AvgIpc) is 2.59. The third kappa shape index (κ3) is 4.17. The van der Waals surface area contributed by atoms with Crippen molar-refractivity contribution in [1.82, 2.24) is 0 Å². The van der Waals surface area contributed by atoms with Gasteiger partial charge >= 0.3 is 0 Å². The van der Waals surface area contributed by atoms with Gasteiger partial charge in [-0.3, -0.25) is 4.79 Å². The van der Waals surface area contributed by atoms with Crippen LogP contribution in [0.5, 0.6) is 0 Å². The molecule has 0 aromatic heterocycles. The Morgan fingerprint density at radius 3 is 2.12 bits per heavy atom. The second kappa shape index (κ2) is 7.09. The van der Waals surface area contributed by atoms with Gasteiger partial charge in [0.1, 0.15) is 17.5 Å². The van der Waals surface area contributed by atoms with Crippen LogP contribution in [0.3, 0.4) is 0 Å². The summed E-state index contributed by atoms with van der Waals surface area (Å²) in [5, 5.41) is 5.45. The molecule has 0 unspecified atom stereocenters. The maximum atomic E-state index is 13.6. The van der Waals surface area contributed by atoms with E-state index in [9.17, 15) is 18.0 Å². The van der Waals surface area contributed by atoms with E-state index in [0.29, 0.717) is 11.4 Å². The Hall–Kier alpha value is -3.28. The van der Waals surface area contributed by atoms with Gasteiger partial charge in [0.25, 0.3) is 5.91 Å². The first-order valence-corrected chi connectivity index (χ1v) is 7.40. The Morgan fingerprint density at radius 2 is 1.44 bits per heavy atom. The van der Waals surface area contributed by atoms with E-state index in [1.54, 1.807) is 24.3 Å². The van der Waals surface area contributed by atoms with Crippen LogP contribution in [0.15, 0.2) is 66.7 Å². The molecule has 3 nitrogen and oxygen atoms in total. The molecule has 3 aromatic rings. The molecular formula is C19H13F3N2O. The van der Waals surface area contributed by atoms with Gasteiger partial charge < -0.3 is 10.6 Å². The number of hydrogen-bond acceptors (Lipinski definition) is 2. The molecule has 1 amide bonds. The fraction of sp³-hybridized carbons (Fsp3) is 0. The van der Waals surface area contributed by atoms with Gasteiger partial charge in [-0.2, -0.15) is 0 Å². The van der Waals surface area contributed by atoms with Gasteiger partial charge in [0, 0.05) is 23.0 Å². The summed E-state index contributed by atoms with van der Waals surface area (Å²) in [5.41, 5.74) is 1.40. The lowest BCUT2D eigenvalue weighted by Gasteiger charge is -2.09. The molecule has 3 rings (SSSR count). The predicted octanol–water partition coefficient (Wildman–Crippen LogP) is 5.10. The number of benzene rings is 3. The molecule has 0 saturated heterocycles. The normalized spacial score (nSPS) is 10.4. The van der Waals surface area contributed by atoms with E-state index in [1.165, 1.54) is 24.3 Å². The average molecular weight is 342 g/mol. The van der Waals surface area contributed by atoms with Crippen LogP contribution in [0.2, 0.25) is 0 Å². The van der Waals surface area contributed by atoms with Crippen LogP contribution >= 0.6 is 0 Å². The number of halogens is 3. The summed E-state index contributed by atoms with van der Waals surface area (Å²) in [6, 6.07) is 15.1. The third-order valence-electron chi connectivity index (χ3n) is 3.44. The number of carbonyl (C=O) groups excluding carboxylic acids is 1. The van der Waals surface area contributed by atoms with E-state index in [2.05, 4.69) is 10.6 Å². The van der Waals surface area contributed by atoms with Gasteiger partial charge in [-0.1, -0.05) is 6.07 Å². The van der Waals surface area contributed by atoms with Gasteiger partial charge in [-0.05, 0) is 54.6 Å². The number of amides is 1. The first kappa shape index (κ1) is 16.6. The topological polar surface area (TPSA) is 41.1 Å². The minimum atomic E-state index is -0.705. The van der Waals surface area contributed by atoms with E-state index in [-0.39, 0.29) is 11.3 Å². The molecule has 0 atom stereocenters. The summed E-state index contributed by atoms with van der Waals surface area (Å²) in [6.07, 6.45) is 0. The Labute approximate surface area is 142 Å². The van der Waals surface area contributed by atoms with Crippen molar-refractivity contribution in [2.75, 3.05) is 10.6 Å². The molecule has 0 spiro atoms. The predicted molar refractivity (Wildman–Crippen MR) is 90.4 cm³/mol. The molecule has 126 valence electrons. The van der Waals surface area contributed by atoms with Crippen molar-refractivity contribution in [2.45, 2.75) is 0 Å². The van der Waals surface area contributed by atoms with Crippen LogP contribution in [0.25, 0.3) is 0 Å². The molecule has 3 aromatic carbocycles. The first-order chi connectivity index (χ1) is 12.0. The van der Waals surface area contributed by atoms with Gasteiger partial charge in [-0.15, -0.1) is 0 Å². The summed E-state index contributed by atoms with van der Waals surface area (Å²) in [4.78, 5) is 12.0. The minimum absolute atomic E-state index is 0.137. The Balaban J connectivity index is 1.69.